The van der Waals surface area contributed by atoms with Crippen LogP contribution < -0.4 is 0 Å². The van der Waals surface area contributed by atoms with Crippen molar-refractivity contribution in [3.05, 3.63) is 12.2 Å². The summed E-state index contributed by atoms with van der Waals surface area (Å²) in [7, 11) is 0. The molecule has 0 fully saturated rings. The molecule has 0 N–H and O–H groups in total. The number of allylic oxidation sites excluding steroid dienone is 2. The fraction of sp³-hybridized carbons (Fsp3) is 0.818. The van der Waals surface area contributed by atoms with E-state index in [9.17, 15) is 0 Å². The van der Waals surface area contributed by atoms with E-state index in [0.717, 1.165) is 17.8 Å². The van der Waals surface area contributed by atoms with Crippen LogP contribution in [0.15, 0.2) is 12.2 Å². The highest BCUT2D eigenvalue weighted by atomic mass is 14.3. The zero-order valence-electron chi connectivity index (χ0n) is 8.01. The van der Waals surface area contributed by atoms with E-state index in [1.54, 1.807) is 0 Å². The van der Waals surface area contributed by atoms with Crippen LogP contribution in [0.4, 0.5) is 0 Å². The van der Waals surface area contributed by atoms with Crippen molar-refractivity contribution in [3.8, 4) is 0 Å². The molecule has 0 radical (unpaired) electrons. The SMILES string of the molecule is CCC1CC=CCC1C(C)C. The molecule has 0 saturated heterocycles. The Morgan fingerprint density at radius 2 is 1.91 bits per heavy atom. The fourth-order valence-corrected chi connectivity index (χ4v) is 2.18. The summed E-state index contributed by atoms with van der Waals surface area (Å²) in [6.45, 7) is 7.03. The molecule has 0 aromatic carbocycles. The lowest BCUT2D eigenvalue weighted by Crippen LogP contribution is -2.21. The van der Waals surface area contributed by atoms with Gasteiger partial charge >= 0.3 is 0 Å². The molecule has 0 aliphatic heterocycles. The van der Waals surface area contributed by atoms with Crippen LogP contribution in [0, 0.1) is 17.8 Å². The maximum Gasteiger partial charge on any atom is -0.0317 e. The van der Waals surface area contributed by atoms with Crippen LogP contribution in [0.1, 0.15) is 40.0 Å². The minimum absolute atomic E-state index is 0.866. The summed E-state index contributed by atoms with van der Waals surface area (Å²) in [5.74, 6) is 2.77. The van der Waals surface area contributed by atoms with Crippen molar-refractivity contribution < 1.29 is 0 Å². The predicted octanol–water partition coefficient (Wildman–Crippen LogP) is 3.63. The van der Waals surface area contributed by atoms with Crippen molar-refractivity contribution in [1.82, 2.24) is 0 Å². The van der Waals surface area contributed by atoms with Crippen LogP contribution >= 0.6 is 0 Å². The molecule has 0 heteroatoms. The van der Waals surface area contributed by atoms with Crippen LogP contribution in [0.5, 0.6) is 0 Å². The van der Waals surface area contributed by atoms with E-state index in [0.29, 0.717) is 0 Å². The average molecular weight is 152 g/mol. The minimum atomic E-state index is 0.866. The lowest BCUT2D eigenvalue weighted by molar-refractivity contribution is 0.240. The van der Waals surface area contributed by atoms with E-state index in [1.165, 1.54) is 19.3 Å². The first-order chi connectivity index (χ1) is 5.25. The van der Waals surface area contributed by atoms with E-state index >= 15 is 0 Å². The molecule has 64 valence electrons. The topological polar surface area (TPSA) is 0 Å². The Balaban J connectivity index is 2.54. The molecule has 0 saturated carbocycles. The molecule has 1 aliphatic rings. The maximum absolute atomic E-state index is 2.36. The summed E-state index contributed by atoms with van der Waals surface area (Å²) in [5.41, 5.74) is 0. The van der Waals surface area contributed by atoms with E-state index in [-0.39, 0.29) is 0 Å². The lowest BCUT2D eigenvalue weighted by Gasteiger charge is -2.30. The van der Waals surface area contributed by atoms with Crippen LogP contribution in [-0.4, -0.2) is 0 Å². The van der Waals surface area contributed by atoms with Crippen LogP contribution in [0.3, 0.4) is 0 Å². The number of hydrogen-bond acceptors (Lipinski definition) is 0. The summed E-state index contributed by atoms with van der Waals surface area (Å²) >= 11 is 0. The van der Waals surface area contributed by atoms with Crippen molar-refractivity contribution in [2.75, 3.05) is 0 Å². The Bertz CT molecular complexity index is 133. The molecule has 11 heavy (non-hydrogen) atoms. The van der Waals surface area contributed by atoms with E-state index < -0.39 is 0 Å². The molecule has 2 atom stereocenters. The third kappa shape index (κ3) is 2.08. The molecular weight excluding hydrogens is 132 g/mol. The standard InChI is InChI=1S/C11H20/c1-4-10-7-5-6-8-11(10)9(2)3/h5-6,9-11H,4,7-8H2,1-3H3. The predicted molar refractivity (Wildman–Crippen MR) is 50.5 cm³/mol. The summed E-state index contributed by atoms with van der Waals surface area (Å²) < 4.78 is 0. The lowest BCUT2D eigenvalue weighted by atomic mass is 9.75. The normalized spacial score (nSPS) is 31.3. The summed E-state index contributed by atoms with van der Waals surface area (Å²) in [6, 6.07) is 0. The Morgan fingerprint density at radius 3 is 2.36 bits per heavy atom. The van der Waals surface area contributed by atoms with E-state index in [2.05, 4.69) is 32.9 Å². The highest BCUT2D eigenvalue weighted by Crippen LogP contribution is 2.33. The Morgan fingerprint density at radius 1 is 1.27 bits per heavy atom. The highest BCUT2D eigenvalue weighted by molar-refractivity contribution is 4.94. The molecule has 0 heterocycles. The number of rotatable bonds is 2. The van der Waals surface area contributed by atoms with Gasteiger partial charge in [-0.2, -0.15) is 0 Å². The molecule has 0 spiro atoms. The van der Waals surface area contributed by atoms with E-state index in [1.807, 2.05) is 0 Å². The second-order valence-electron chi connectivity index (χ2n) is 4.02. The van der Waals surface area contributed by atoms with Gasteiger partial charge in [0.25, 0.3) is 0 Å². The van der Waals surface area contributed by atoms with Gasteiger partial charge in [0.15, 0.2) is 0 Å². The summed E-state index contributed by atoms with van der Waals surface area (Å²) in [4.78, 5) is 0. The molecule has 0 bridgehead atoms. The molecule has 0 aromatic heterocycles. The van der Waals surface area contributed by atoms with Crippen molar-refractivity contribution in [2.24, 2.45) is 17.8 Å². The van der Waals surface area contributed by atoms with Crippen LogP contribution in [-0.2, 0) is 0 Å². The molecule has 0 amide bonds. The zero-order valence-corrected chi connectivity index (χ0v) is 8.01. The number of hydrogen-bond donors (Lipinski definition) is 0. The van der Waals surface area contributed by atoms with Crippen molar-refractivity contribution in [2.45, 2.75) is 40.0 Å². The van der Waals surface area contributed by atoms with Gasteiger partial charge in [-0.1, -0.05) is 39.3 Å². The van der Waals surface area contributed by atoms with Gasteiger partial charge in [0.05, 0.1) is 0 Å². The smallest absolute Gasteiger partial charge is 0.0317 e. The van der Waals surface area contributed by atoms with Crippen LogP contribution in [0.25, 0.3) is 0 Å². The van der Waals surface area contributed by atoms with Gasteiger partial charge < -0.3 is 0 Å². The van der Waals surface area contributed by atoms with Crippen molar-refractivity contribution >= 4 is 0 Å². The summed E-state index contributed by atoms with van der Waals surface area (Å²) in [6.07, 6.45) is 8.70. The highest BCUT2D eigenvalue weighted by Gasteiger charge is 2.22. The van der Waals surface area contributed by atoms with Crippen molar-refractivity contribution in [1.29, 1.82) is 0 Å². The van der Waals surface area contributed by atoms with Gasteiger partial charge in [-0.25, -0.2) is 0 Å². The van der Waals surface area contributed by atoms with Gasteiger partial charge in [0.2, 0.25) is 0 Å². The Kier molecular flexibility index (Phi) is 3.16. The molecule has 2 unspecified atom stereocenters. The van der Waals surface area contributed by atoms with Gasteiger partial charge in [-0.15, -0.1) is 0 Å². The second kappa shape index (κ2) is 3.94. The average Bonchev–Trinajstić information content (AvgIpc) is 2.04. The summed E-state index contributed by atoms with van der Waals surface area (Å²) in [5, 5.41) is 0. The maximum atomic E-state index is 2.36. The first-order valence-electron chi connectivity index (χ1n) is 4.90. The molecule has 1 aliphatic carbocycles. The van der Waals surface area contributed by atoms with Gasteiger partial charge in [-0.05, 0) is 30.6 Å². The monoisotopic (exact) mass is 152 g/mol. The Labute approximate surface area is 70.7 Å². The third-order valence-electron chi connectivity index (χ3n) is 3.00. The zero-order chi connectivity index (χ0) is 8.27. The minimum Gasteiger partial charge on any atom is -0.0882 e. The van der Waals surface area contributed by atoms with Crippen LogP contribution in [0.2, 0.25) is 0 Å². The quantitative estimate of drug-likeness (QED) is 0.530. The van der Waals surface area contributed by atoms with Gasteiger partial charge in [0.1, 0.15) is 0 Å². The Hall–Kier alpha value is -0.260. The molecule has 0 nitrogen and oxygen atoms in total. The first-order valence-corrected chi connectivity index (χ1v) is 4.90. The van der Waals surface area contributed by atoms with Gasteiger partial charge in [-0.3, -0.25) is 0 Å². The fourth-order valence-electron chi connectivity index (χ4n) is 2.18. The third-order valence-corrected chi connectivity index (χ3v) is 3.00. The second-order valence-corrected chi connectivity index (χ2v) is 4.02. The largest absolute Gasteiger partial charge is 0.0882 e. The molecular formula is C11H20. The first kappa shape index (κ1) is 8.83. The van der Waals surface area contributed by atoms with E-state index in [4.69, 9.17) is 0 Å². The molecule has 1 rings (SSSR count). The molecule has 0 aromatic rings. The van der Waals surface area contributed by atoms with Gasteiger partial charge in [0, 0.05) is 0 Å². The van der Waals surface area contributed by atoms with Crippen molar-refractivity contribution in [3.63, 3.8) is 0 Å².